The number of benzene rings is 1. The van der Waals surface area contributed by atoms with Gasteiger partial charge in [-0.3, -0.25) is 4.98 Å². The van der Waals surface area contributed by atoms with E-state index in [4.69, 9.17) is 17.3 Å². The Labute approximate surface area is 99.3 Å². The second-order valence-corrected chi connectivity index (χ2v) is 3.04. The van der Waals surface area contributed by atoms with Gasteiger partial charge in [-0.2, -0.15) is 0 Å². The minimum Gasteiger partial charge on any atom is -0.397 e. The molecule has 0 aliphatic carbocycles. The highest BCUT2D eigenvalue weighted by Gasteiger charge is 1.95. The molecular formula is C9H9Cl3N2. The Morgan fingerprint density at radius 1 is 1.14 bits per heavy atom. The van der Waals surface area contributed by atoms with E-state index in [9.17, 15) is 0 Å². The zero-order valence-corrected chi connectivity index (χ0v) is 9.49. The number of nitrogen functional groups attached to an aromatic ring is 1. The molecular weight excluding hydrogens is 242 g/mol. The van der Waals surface area contributed by atoms with Crippen LogP contribution in [-0.2, 0) is 0 Å². The first-order chi connectivity index (χ1) is 5.75. The lowest BCUT2D eigenvalue weighted by Crippen LogP contribution is -1.86. The molecule has 2 N–H and O–H groups in total. The Bertz CT molecular complexity index is 395. The lowest BCUT2D eigenvalue weighted by molar-refractivity contribution is 1.41. The number of nitrogens with zero attached hydrogens (tertiary/aromatic N) is 1. The summed E-state index contributed by atoms with van der Waals surface area (Å²) in [5.74, 6) is 0. The van der Waals surface area contributed by atoms with Gasteiger partial charge in [0.2, 0.25) is 0 Å². The maximum atomic E-state index is 5.80. The van der Waals surface area contributed by atoms with Gasteiger partial charge in [0.1, 0.15) is 0 Å². The fourth-order valence-electron chi connectivity index (χ4n) is 1.12. The van der Waals surface area contributed by atoms with Crippen molar-refractivity contribution < 1.29 is 0 Å². The molecule has 0 atom stereocenters. The monoisotopic (exact) mass is 250 g/mol. The van der Waals surface area contributed by atoms with E-state index in [0.29, 0.717) is 10.7 Å². The zero-order valence-electron chi connectivity index (χ0n) is 7.11. The van der Waals surface area contributed by atoms with Crippen molar-refractivity contribution in [2.75, 3.05) is 5.73 Å². The lowest BCUT2D eigenvalue weighted by Gasteiger charge is -1.98. The van der Waals surface area contributed by atoms with Crippen LogP contribution in [0.4, 0.5) is 5.69 Å². The Balaban J connectivity index is 0.000000845. The molecule has 2 nitrogen and oxygen atoms in total. The van der Waals surface area contributed by atoms with Crippen molar-refractivity contribution >= 4 is 53.0 Å². The van der Waals surface area contributed by atoms with E-state index in [-0.39, 0.29) is 24.8 Å². The summed E-state index contributed by atoms with van der Waals surface area (Å²) < 4.78 is 0. The number of hydrogen-bond donors (Lipinski definition) is 1. The van der Waals surface area contributed by atoms with Crippen LogP contribution in [-0.4, -0.2) is 4.98 Å². The predicted molar refractivity (Wildman–Crippen MR) is 65.7 cm³/mol. The van der Waals surface area contributed by atoms with Crippen LogP contribution in [0.2, 0.25) is 5.02 Å². The van der Waals surface area contributed by atoms with E-state index in [1.807, 2.05) is 24.3 Å². The minimum absolute atomic E-state index is 0. The summed E-state index contributed by atoms with van der Waals surface area (Å²) in [7, 11) is 0. The molecule has 76 valence electrons. The number of nitrogens with two attached hydrogens (primary N) is 1. The molecule has 2 aromatic rings. The third kappa shape index (κ3) is 2.64. The van der Waals surface area contributed by atoms with Gasteiger partial charge in [-0.15, -0.1) is 24.8 Å². The normalized spacial score (nSPS) is 8.93. The molecule has 1 aromatic heterocycles. The number of fused-ring (bicyclic) bond motifs is 1. The van der Waals surface area contributed by atoms with E-state index in [1.165, 1.54) is 0 Å². The lowest BCUT2D eigenvalue weighted by atomic mass is 10.2. The first-order valence-corrected chi connectivity index (χ1v) is 3.94. The van der Waals surface area contributed by atoms with Crippen LogP contribution in [0.5, 0.6) is 0 Å². The Hall–Kier alpha value is -0.700. The van der Waals surface area contributed by atoms with Crippen molar-refractivity contribution in [3.8, 4) is 0 Å². The van der Waals surface area contributed by atoms with Gasteiger partial charge in [0.05, 0.1) is 17.4 Å². The van der Waals surface area contributed by atoms with Gasteiger partial charge in [-0.25, -0.2) is 0 Å². The van der Waals surface area contributed by atoms with Crippen molar-refractivity contribution in [1.82, 2.24) is 4.98 Å². The number of halogens is 3. The highest BCUT2D eigenvalue weighted by Crippen LogP contribution is 2.18. The van der Waals surface area contributed by atoms with Crippen LogP contribution in [0.3, 0.4) is 0 Å². The molecule has 0 fully saturated rings. The number of hydrogen-bond acceptors (Lipinski definition) is 2. The van der Waals surface area contributed by atoms with E-state index in [2.05, 4.69) is 4.98 Å². The second kappa shape index (κ2) is 5.25. The van der Waals surface area contributed by atoms with Gasteiger partial charge in [0.15, 0.2) is 0 Å². The Kier molecular flexibility index (Phi) is 4.99. The van der Waals surface area contributed by atoms with Gasteiger partial charge >= 0.3 is 0 Å². The summed E-state index contributed by atoms with van der Waals surface area (Å²) in [5, 5.41) is 1.68. The molecule has 2 rings (SSSR count). The van der Waals surface area contributed by atoms with E-state index in [1.54, 1.807) is 6.20 Å². The van der Waals surface area contributed by atoms with Crippen molar-refractivity contribution in [2.24, 2.45) is 0 Å². The fraction of sp³-hybridized carbons (Fsp3) is 0. The third-order valence-corrected chi connectivity index (χ3v) is 1.90. The number of aromatic nitrogens is 1. The summed E-state index contributed by atoms with van der Waals surface area (Å²) in [5.41, 5.74) is 7.14. The van der Waals surface area contributed by atoms with Crippen LogP contribution >= 0.6 is 36.4 Å². The zero-order chi connectivity index (χ0) is 8.55. The topological polar surface area (TPSA) is 38.9 Å². The molecule has 0 aliphatic rings. The van der Waals surface area contributed by atoms with Gasteiger partial charge in [0, 0.05) is 10.4 Å². The van der Waals surface area contributed by atoms with Crippen molar-refractivity contribution in [3.63, 3.8) is 0 Å². The summed E-state index contributed by atoms with van der Waals surface area (Å²) in [6, 6.07) is 7.39. The van der Waals surface area contributed by atoms with Crippen LogP contribution in [0, 0.1) is 0 Å². The van der Waals surface area contributed by atoms with Crippen LogP contribution in [0.25, 0.3) is 10.9 Å². The van der Waals surface area contributed by atoms with E-state index in [0.717, 1.165) is 10.9 Å². The Morgan fingerprint density at radius 2 is 1.86 bits per heavy atom. The van der Waals surface area contributed by atoms with Crippen LogP contribution in [0.1, 0.15) is 0 Å². The predicted octanol–water partition coefficient (Wildman–Crippen LogP) is 3.31. The highest BCUT2D eigenvalue weighted by atomic mass is 35.5. The van der Waals surface area contributed by atoms with Crippen molar-refractivity contribution in [2.45, 2.75) is 0 Å². The van der Waals surface area contributed by atoms with Gasteiger partial charge in [-0.1, -0.05) is 11.6 Å². The number of pyridine rings is 1. The van der Waals surface area contributed by atoms with E-state index < -0.39 is 0 Å². The molecule has 5 heteroatoms. The first-order valence-electron chi connectivity index (χ1n) is 3.56. The van der Waals surface area contributed by atoms with E-state index >= 15 is 0 Å². The third-order valence-electron chi connectivity index (χ3n) is 1.66. The molecule has 14 heavy (non-hydrogen) atoms. The average molecular weight is 252 g/mol. The molecule has 1 aromatic carbocycles. The SMILES string of the molecule is Cl.Cl.Nc1cnc2ccc(Cl)cc2c1. The maximum Gasteiger partial charge on any atom is 0.0704 e. The smallest absolute Gasteiger partial charge is 0.0704 e. The van der Waals surface area contributed by atoms with Crippen LogP contribution < -0.4 is 5.73 Å². The quantitative estimate of drug-likeness (QED) is 0.780. The number of rotatable bonds is 0. The molecule has 0 spiro atoms. The van der Waals surface area contributed by atoms with Gasteiger partial charge in [0.25, 0.3) is 0 Å². The maximum absolute atomic E-state index is 5.80. The minimum atomic E-state index is 0. The summed E-state index contributed by atoms with van der Waals surface area (Å²) >= 11 is 5.80. The molecule has 0 saturated heterocycles. The second-order valence-electron chi connectivity index (χ2n) is 2.61. The molecule has 0 aliphatic heterocycles. The Morgan fingerprint density at radius 3 is 2.57 bits per heavy atom. The molecule has 0 unspecified atom stereocenters. The molecule has 1 heterocycles. The summed E-state index contributed by atoms with van der Waals surface area (Å²) in [4.78, 5) is 4.14. The standard InChI is InChI=1S/C9H7ClN2.2ClH/c10-7-1-2-9-6(3-7)4-8(11)5-12-9;;/h1-5H,11H2;2*1H. The van der Waals surface area contributed by atoms with Crippen molar-refractivity contribution in [3.05, 3.63) is 35.5 Å². The highest BCUT2D eigenvalue weighted by molar-refractivity contribution is 6.31. The number of anilines is 1. The summed E-state index contributed by atoms with van der Waals surface area (Å²) in [6.07, 6.45) is 1.64. The van der Waals surface area contributed by atoms with Crippen LogP contribution in [0.15, 0.2) is 30.5 Å². The fourth-order valence-corrected chi connectivity index (χ4v) is 1.30. The molecule has 0 radical (unpaired) electrons. The first kappa shape index (κ1) is 13.3. The molecule has 0 bridgehead atoms. The van der Waals surface area contributed by atoms with Crippen molar-refractivity contribution in [1.29, 1.82) is 0 Å². The van der Waals surface area contributed by atoms with Gasteiger partial charge < -0.3 is 5.73 Å². The molecule has 0 saturated carbocycles. The summed E-state index contributed by atoms with van der Waals surface area (Å²) in [6.45, 7) is 0. The van der Waals surface area contributed by atoms with Gasteiger partial charge in [-0.05, 0) is 24.3 Å². The largest absolute Gasteiger partial charge is 0.397 e. The average Bonchev–Trinajstić information content (AvgIpc) is 2.03. The molecule has 0 amide bonds.